The van der Waals surface area contributed by atoms with Crippen molar-refractivity contribution < 1.29 is 19.5 Å². The topological polar surface area (TPSA) is 86.7 Å². The van der Waals surface area contributed by atoms with Gasteiger partial charge in [-0.1, -0.05) is 75.8 Å². The Labute approximate surface area is 188 Å². The molecule has 2 aliphatic heterocycles. The largest absolute Gasteiger partial charge is 0.477 e. The second-order valence-corrected chi connectivity index (χ2v) is 9.35. The number of benzene rings is 1. The van der Waals surface area contributed by atoms with Gasteiger partial charge in [-0.15, -0.1) is 11.8 Å². The fourth-order valence-corrected chi connectivity index (χ4v) is 5.56. The van der Waals surface area contributed by atoms with Gasteiger partial charge in [0.1, 0.15) is 17.1 Å². The van der Waals surface area contributed by atoms with Crippen LogP contribution >= 0.6 is 11.8 Å². The average molecular weight is 445 g/mol. The first-order valence-electron chi connectivity index (χ1n) is 11.3. The first-order chi connectivity index (χ1) is 15.0. The summed E-state index contributed by atoms with van der Waals surface area (Å²) in [5.41, 5.74) is 1.85. The van der Waals surface area contributed by atoms with Crippen molar-refractivity contribution in [3.63, 3.8) is 0 Å². The lowest BCUT2D eigenvalue weighted by Gasteiger charge is -2.49. The van der Waals surface area contributed by atoms with Gasteiger partial charge in [0.15, 0.2) is 0 Å². The summed E-state index contributed by atoms with van der Waals surface area (Å²) in [6, 6.07) is 8.70. The number of nitrogens with one attached hydrogen (secondary N) is 1. The van der Waals surface area contributed by atoms with Crippen LogP contribution in [0.25, 0.3) is 0 Å². The van der Waals surface area contributed by atoms with Gasteiger partial charge in [-0.05, 0) is 24.0 Å². The molecule has 31 heavy (non-hydrogen) atoms. The van der Waals surface area contributed by atoms with Crippen LogP contribution in [0, 0.1) is 0 Å². The second kappa shape index (κ2) is 11.4. The SMILES string of the molecule is CCCCCCCCCC1=C(C(=O)O)N2C(=O)C(NC(=O)Cc3ccccc3)C2SC1. The molecular weight excluding hydrogens is 412 g/mol. The van der Waals surface area contributed by atoms with E-state index < -0.39 is 12.0 Å². The summed E-state index contributed by atoms with van der Waals surface area (Å²) < 4.78 is 0. The van der Waals surface area contributed by atoms with E-state index >= 15 is 0 Å². The molecule has 0 saturated carbocycles. The zero-order valence-electron chi connectivity index (χ0n) is 18.1. The van der Waals surface area contributed by atoms with Gasteiger partial charge in [-0.2, -0.15) is 0 Å². The number of carboxylic acid groups (broad SMARTS) is 1. The van der Waals surface area contributed by atoms with Crippen LogP contribution in [0.2, 0.25) is 0 Å². The average Bonchev–Trinajstić information content (AvgIpc) is 2.76. The van der Waals surface area contributed by atoms with Gasteiger partial charge < -0.3 is 10.4 Å². The Morgan fingerprint density at radius 2 is 1.77 bits per heavy atom. The van der Waals surface area contributed by atoms with E-state index in [-0.39, 0.29) is 29.3 Å². The number of unbranched alkanes of at least 4 members (excludes halogenated alkanes) is 6. The first kappa shape index (κ1) is 23.4. The molecule has 7 heteroatoms. The Kier molecular flexibility index (Phi) is 8.58. The van der Waals surface area contributed by atoms with E-state index in [1.54, 1.807) is 11.8 Å². The number of aliphatic carboxylic acids is 1. The number of fused-ring (bicyclic) bond motifs is 1. The van der Waals surface area contributed by atoms with Crippen LogP contribution in [0.4, 0.5) is 0 Å². The number of carbonyl (C=O) groups is 3. The van der Waals surface area contributed by atoms with Crippen LogP contribution in [-0.4, -0.2) is 45.0 Å². The summed E-state index contributed by atoms with van der Waals surface area (Å²) in [6.45, 7) is 2.20. The van der Waals surface area contributed by atoms with E-state index in [0.717, 1.165) is 24.0 Å². The van der Waals surface area contributed by atoms with Crippen LogP contribution < -0.4 is 5.32 Å². The van der Waals surface area contributed by atoms with Crippen LogP contribution in [0.15, 0.2) is 41.6 Å². The second-order valence-electron chi connectivity index (χ2n) is 8.25. The molecule has 1 fully saturated rings. The van der Waals surface area contributed by atoms with Crippen molar-refractivity contribution in [1.29, 1.82) is 0 Å². The Morgan fingerprint density at radius 3 is 2.45 bits per heavy atom. The third-order valence-electron chi connectivity index (χ3n) is 5.86. The van der Waals surface area contributed by atoms with Crippen molar-refractivity contribution in [1.82, 2.24) is 10.2 Å². The molecule has 0 aliphatic carbocycles. The monoisotopic (exact) mass is 444 g/mol. The highest BCUT2D eigenvalue weighted by atomic mass is 32.2. The molecule has 6 nitrogen and oxygen atoms in total. The van der Waals surface area contributed by atoms with Crippen LogP contribution in [-0.2, 0) is 20.8 Å². The molecule has 2 N–H and O–H groups in total. The van der Waals surface area contributed by atoms with Crippen molar-refractivity contribution in [2.75, 3.05) is 5.75 Å². The molecule has 2 aliphatic rings. The number of carboxylic acids is 1. The molecule has 2 amide bonds. The zero-order chi connectivity index (χ0) is 22.2. The van der Waals surface area contributed by atoms with Crippen molar-refractivity contribution in [2.24, 2.45) is 0 Å². The van der Waals surface area contributed by atoms with Crippen LogP contribution in [0.1, 0.15) is 63.9 Å². The molecule has 168 valence electrons. The summed E-state index contributed by atoms with van der Waals surface area (Å²) in [4.78, 5) is 38.4. The van der Waals surface area contributed by atoms with Gasteiger partial charge in [-0.25, -0.2) is 4.79 Å². The number of β-lactam (4-membered cyclic amide) rings is 1. The molecular formula is C24H32N2O4S. The highest BCUT2D eigenvalue weighted by molar-refractivity contribution is 8.00. The summed E-state index contributed by atoms with van der Waals surface area (Å²) in [7, 11) is 0. The minimum atomic E-state index is -1.05. The summed E-state index contributed by atoms with van der Waals surface area (Å²) >= 11 is 1.55. The number of amides is 2. The Balaban J connectivity index is 1.54. The number of nitrogens with zero attached hydrogens (tertiary/aromatic N) is 1. The maximum Gasteiger partial charge on any atom is 0.352 e. The molecule has 1 aromatic carbocycles. The third kappa shape index (κ3) is 5.91. The lowest BCUT2D eigenvalue weighted by molar-refractivity contribution is -0.150. The van der Waals surface area contributed by atoms with E-state index in [4.69, 9.17) is 0 Å². The number of carbonyl (C=O) groups excluding carboxylic acids is 2. The van der Waals surface area contributed by atoms with E-state index in [2.05, 4.69) is 12.2 Å². The summed E-state index contributed by atoms with van der Waals surface area (Å²) in [5.74, 6) is -1.00. The molecule has 0 radical (unpaired) electrons. The van der Waals surface area contributed by atoms with Gasteiger partial charge in [0.05, 0.1) is 6.42 Å². The van der Waals surface area contributed by atoms with E-state index in [0.29, 0.717) is 12.2 Å². The Bertz CT molecular complexity index is 824. The van der Waals surface area contributed by atoms with Crippen molar-refractivity contribution >= 4 is 29.5 Å². The highest BCUT2D eigenvalue weighted by Gasteiger charge is 2.53. The maximum absolute atomic E-state index is 12.7. The smallest absolute Gasteiger partial charge is 0.352 e. The molecule has 2 unspecified atom stereocenters. The summed E-state index contributed by atoms with van der Waals surface area (Å²) in [5, 5.41) is 12.2. The minimum Gasteiger partial charge on any atom is -0.477 e. The van der Waals surface area contributed by atoms with Crippen LogP contribution in [0.3, 0.4) is 0 Å². The Hall–Kier alpha value is -2.28. The van der Waals surface area contributed by atoms with Crippen molar-refractivity contribution in [3.8, 4) is 0 Å². The van der Waals surface area contributed by atoms with Gasteiger partial charge in [0.25, 0.3) is 5.91 Å². The molecule has 0 bridgehead atoms. The molecule has 2 heterocycles. The minimum absolute atomic E-state index is 0.133. The van der Waals surface area contributed by atoms with Gasteiger partial charge in [-0.3, -0.25) is 14.5 Å². The fourth-order valence-electron chi connectivity index (χ4n) is 4.18. The zero-order valence-corrected chi connectivity index (χ0v) is 19.0. The predicted octanol–water partition coefficient (Wildman–Crippen LogP) is 4.11. The lowest BCUT2D eigenvalue weighted by Crippen LogP contribution is -2.70. The molecule has 3 rings (SSSR count). The number of thioether (sulfide) groups is 1. The number of hydrogen-bond donors (Lipinski definition) is 2. The standard InChI is InChI=1S/C24H32N2O4S/c1-2-3-4-5-6-7-11-14-18-16-31-23-20(22(28)26(23)21(18)24(29)30)25-19(27)15-17-12-9-8-10-13-17/h8-10,12-13,20,23H,2-7,11,14-16H2,1H3,(H,25,27)(H,29,30). The predicted molar refractivity (Wildman–Crippen MR) is 122 cm³/mol. The molecule has 1 saturated heterocycles. The highest BCUT2D eigenvalue weighted by Crippen LogP contribution is 2.41. The first-order valence-corrected chi connectivity index (χ1v) is 12.3. The Morgan fingerprint density at radius 1 is 1.10 bits per heavy atom. The lowest BCUT2D eigenvalue weighted by atomic mass is 9.99. The quantitative estimate of drug-likeness (QED) is 0.374. The number of hydrogen-bond acceptors (Lipinski definition) is 4. The third-order valence-corrected chi connectivity index (χ3v) is 7.20. The molecule has 0 spiro atoms. The van der Waals surface area contributed by atoms with Gasteiger partial charge >= 0.3 is 5.97 Å². The number of rotatable bonds is 12. The van der Waals surface area contributed by atoms with Crippen molar-refractivity contribution in [3.05, 3.63) is 47.2 Å². The van der Waals surface area contributed by atoms with Crippen LogP contribution in [0.5, 0.6) is 0 Å². The fraction of sp³-hybridized carbons (Fsp3) is 0.542. The van der Waals surface area contributed by atoms with E-state index in [1.165, 1.54) is 37.0 Å². The normalized spacial score (nSPS) is 20.3. The summed E-state index contributed by atoms with van der Waals surface area (Å²) in [6.07, 6.45) is 9.10. The van der Waals surface area contributed by atoms with E-state index in [9.17, 15) is 19.5 Å². The molecule has 1 aromatic rings. The van der Waals surface area contributed by atoms with E-state index in [1.807, 2.05) is 30.3 Å². The van der Waals surface area contributed by atoms with Gasteiger partial charge in [0, 0.05) is 5.75 Å². The van der Waals surface area contributed by atoms with Crippen molar-refractivity contribution in [2.45, 2.75) is 76.1 Å². The molecule has 2 atom stereocenters. The van der Waals surface area contributed by atoms with Gasteiger partial charge in [0.2, 0.25) is 5.91 Å². The maximum atomic E-state index is 12.7. The molecule has 0 aromatic heterocycles.